The number of hydrogen-bond donors (Lipinski definition) is 0. The second-order valence-corrected chi connectivity index (χ2v) is 5.09. The molecule has 0 N–H and O–H groups in total. The lowest BCUT2D eigenvalue weighted by molar-refractivity contribution is 0.0361. The summed E-state index contributed by atoms with van der Waals surface area (Å²) in [5, 5.41) is 5.56. The van der Waals surface area contributed by atoms with Crippen LogP contribution in [0.1, 0.15) is 0 Å². The molecule has 0 aliphatic carbocycles. The average molecular weight is 311 g/mol. The highest BCUT2D eigenvalue weighted by atomic mass is 79.9. The number of morpholine rings is 1. The fraction of sp³-hybridized carbons (Fsp3) is 0.500. The highest BCUT2D eigenvalue weighted by Crippen LogP contribution is 2.20. The van der Waals surface area contributed by atoms with Crippen LogP contribution in [0.25, 0.3) is 11.0 Å². The van der Waals surface area contributed by atoms with Gasteiger partial charge in [0.25, 0.3) is 0 Å². The lowest BCUT2D eigenvalue weighted by Crippen LogP contribution is -2.38. The number of hydrogen-bond acceptors (Lipinski definition) is 4. The van der Waals surface area contributed by atoms with Crippen LogP contribution < -0.4 is 0 Å². The summed E-state index contributed by atoms with van der Waals surface area (Å²) in [5.41, 5.74) is 0.942. The number of fused-ring (bicyclic) bond motifs is 1. The third-order valence-electron chi connectivity index (χ3n) is 3.19. The lowest BCUT2D eigenvalue weighted by Gasteiger charge is -2.26. The van der Waals surface area contributed by atoms with Crippen LogP contribution in [-0.4, -0.2) is 52.5 Å². The van der Waals surface area contributed by atoms with Crippen molar-refractivity contribution >= 4 is 27.0 Å². The van der Waals surface area contributed by atoms with Gasteiger partial charge >= 0.3 is 0 Å². The normalized spacial score (nSPS) is 17.4. The summed E-state index contributed by atoms with van der Waals surface area (Å²) in [6.07, 6.45) is 1.81. The molecule has 0 atom stereocenters. The van der Waals surface area contributed by atoms with E-state index in [0.717, 1.165) is 55.0 Å². The predicted molar refractivity (Wildman–Crippen MR) is 72.5 cm³/mol. The van der Waals surface area contributed by atoms with Crippen molar-refractivity contribution in [2.75, 3.05) is 32.8 Å². The molecule has 1 saturated heterocycles. The summed E-state index contributed by atoms with van der Waals surface area (Å²) in [4.78, 5) is 6.79. The molecule has 0 unspecified atom stereocenters. The van der Waals surface area contributed by atoms with Gasteiger partial charge in [0.05, 0.1) is 25.1 Å². The second-order valence-electron chi connectivity index (χ2n) is 4.34. The molecule has 0 bridgehead atoms. The van der Waals surface area contributed by atoms with Crippen molar-refractivity contribution in [1.82, 2.24) is 19.7 Å². The van der Waals surface area contributed by atoms with E-state index in [2.05, 4.69) is 30.9 Å². The third-order valence-corrected chi connectivity index (χ3v) is 3.78. The van der Waals surface area contributed by atoms with Crippen molar-refractivity contribution in [3.05, 3.63) is 22.9 Å². The van der Waals surface area contributed by atoms with E-state index in [1.165, 1.54) is 0 Å². The second kappa shape index (κ2) is 5.34. The minimum absolute atomic E-state index is 0.835. The molecule has 3 rings (SSSR count). The quantitative estimate of drug-likeness (QED) is 0.862. The summed E-state index contributed by atoms with van der Waals surface area (Å²) >= 11 is 3.48. The summed E-state index contributed by atoms with van der Waals surface area (Å²) in [7, 11) is 0. The average Bonchev–Trinajstić information content (AvgIpc) is 2.75. The van der Waals surface area contributed by atoms with Gasteiger partial charge in [-0.15, -0.1) is 0 Å². The molecule has 0 saturated carbocycles. The zero-order valence-corrected chi connectivity index (χ0v) is 11.6. The van der Waals surface area contributed by atoms with Gasteiger partial charge in [-0.25, -0.2) is 9.67 Å². The van der Waals surface area contributed by atoms with E-state index in [9.17, 15) is 0 Å². The van der Waals surface area contributed by atoms with Crippen molar-refractivity contribution in [3.8, 4) is 0 Å². The molecule has 0 radical (unpaired) electrons. The molecular formula is C12H15BrN4O. The Morgan fingerprint density at radius 2 is 2.11 bits per heavy atom. The van der Waals surface area contributed by atoms with Crippen LogP contribution >= 0.6 is 15.9 Å². The van der Waals surface area contributed by atoms with Crippen molar-refractivity contribution in [2.24, 2.45) is 0 Å². The van der Waals surface area contributed by atoms with Gasteiger partial charge < -0.3 is 4.74 Å². The van der Waals surface area contributed by atoms with Crippen molar-refractivity contribution in [1.29, 1.82) is 0 Å². The number of halogens is 1. The van der Waals surface area contributed by atoms with Gasteiger partial charge in [-0.2, -0.15) is 5.10 Å². The van der Waals surface area contributed by atoms with Crippen LogP contribution in [0, 0.1) is 0 Å². The molecule has 0 amide bonds. The molecule has 0 spiro atoms. The first-order valence-corrected chi connectivity index (χ1v) is 6.91. The van der Waals surface area contributed by atoms with Gasteiger partial charge in [0.1, 0.15) is 4.60 Å². The summed E-state index contributed by atoms with van der Waals surface area (Å²) in [5.74, 6) is 0. The first kappa shape index (κ1) is 12.1. The maximum Gasteiger partial charge on any atom is 0.158 e. The standard InChI is InChI=1S/C12H15BrN4O/c13-11-10-2-1-3-14-12(10)17(15-11)5-4-16-6-8-18-9-7-16/h1-3H,4-9H2. The SMILES string of the molecule is Brc1nn(CCN2CCOCC2)c2ncccc12. The number of rotatable bonds is 3. The number of aromatic nitrogens is 3. The molecule has 2 aromatic rings. The highest BCUT2D eigenvalue weighted by Gasteiger charge is 2.12. The molecule has 5 nitrogen and oxygen atoms in total. The first-order valence-electron chi connectivity index (χ1n) is 6.12. The molecule has 96 valence electrons. The Morgan fingerprint density at radius 3 is 2.94 bits per heavy atom. The minimum atomic E-state index is 0.835. The van der Waals surface area contributed by atoms with E-state index in [-0.39, 0.29) is 0 Å². The monoisotopic (exact) mass is 310 g/mol. The summed E-state index contributed by atoms with van der Waals surface area (Å²) in [6.45, 7) is 5.54. The fourth-order valence-corrected chi connectivity index (χ4v) is 2.69. The Kier molecular flexibility index (Phi) is 3.58. The van der Waals surface area contributed by atoms with Crippen molar-refractivity contribution in [3.63, 3.8) is 0 Å². The molecule has 6 heteroatoms. The molecule has 2 aromatic heterocycles. The Hall–Kier alpha value is -0.980. The molecule has 1 aliphatic heterocycles. The maximum atomic E-state index is 5.34. The molecule has 18 heavy (non-hydrogen) atoms. The zero-order chi connectivity index (χ0) is 12.4. The molecular weight excluding hydrogens is 296 g/mol. The number of nitrogens with zero attached hydrogens (tertiary/aromatic N) is 4. The van der Waals surface area contributed by atoms with E-state index in [1.54, 1.807) is 0 Å². The lowest BCUT2D eigenvalue weighted by atomic mass is 10.3. The van der Waals surface area contributed by atoms with Crippen molar-refractivity contribution < 1.29 is 4.74 Å². The van der Waals surface area contributed by atoms with Gasteiger partial charge in [-0.1, -0.05) is 0 Å². The van der Waals surface area contributed by atoms with Crippen LogP contribution in [0.15, 0.2) is 22.9 Å². The highest BCUT2D eigenvalue weighted by molar-refractivity contribution is 9.10. The van der Waals surface area contributed by atoms with Crippen LogP contribution in [-0.2, 0) is 11.3 Å². The Labute approximate surface area is 114 Å². The van der Waals surface area contributed by atoms with Crippen LogP contribution in [0.5, 0.6) is 0 Å². The fourth-order valence-electron chi connectivity index (χ4n) is 2.19. The molecule has 0 aromatic carbocycles. The van der Waals surface area contributed by atoms with Crippen LogP contribution in [0.3, 0.4) is 0 Å². The number of ether oxygens (including phenoxy) is 1. The molecule has 1 aliphatic rings. The summed E-state index contributed by atoms with van der Waals surface area (Å²) in [6, 6.07) is 3.96. The van der Waals surface area contributed by atoms with Gasteiger partial charge in [-0.3, -0.25) is 4.90 Å². The largest absolute Gasteiger partial charge is 0.379 e. The zero-order valence-electron chi connectivity index (χ0n) is 10.0. The topological polar surface area (TPSA) is 43.2 Å². The van der Waals surface area contributed by atoms with Gasteiger partial charge in [0.2, 0.25) is 0 Å². The van der Waals surface area contributed by atoms with E-state index >= 15 is 0 Å². The first-order chi connectivity index (χ1) is 8.84. The van der Waals surface area contributed by atoms with E-state index in [0.29, 0.717) is 0 Å². The van der Waals surface area contributed by atoms with Crippen LogP contribution in [0.2, 0.25) is 0 Å². The minimum Gasteiger partial charge on any atom is -0.379 e. The van der Waals surface area contributed by atoms with E-state index in [4.69, 9.17) is 4.74 Å². The molecule has 1 fully saturated rings. The third kappa shape index (κ3) is 2.41. The van der Waals surface area contributed by atoms with Crippen LogP contribution in [0.4, 0.5) is 0 Å². The summed E-state index contributed by atoms with van der Waals surface area (Å²) < 4.78 is 8.18. The Morgan fingerprint density at radius 1 is 1.28 bits per heavy atom. The molecule has 3 heterocycles. The Bertz CT molecular complexity index is 536. The van der Waals surface area contributed by atoms with Gasteiger partial charge in [0.15, 0.2) is 5.65 Å². The Balaban J connectivity index is 1.74. The van der Waals surface area contributed by atoms with Crippen molar-refractivity contribution in [2.45, 2.75) is 6.54 Å². The smallest absolute Gasteiger partial charge is 0.158 e. The van der Waals surface area contributed by atoms with Gasteiger partial charge in [-0.05, 0) is 28.1 Å². The predicted octanol–water partition coefficient (Wildman–Crippen LogP) is 1.53. The van der Waals surface area contributed by atoms with E-state index < -0.39 is 0 Å². The maximum absolute atomic E-state index is 5.34. The number of pyridine rings is 1. The van der Waals surface area contributed by atoms with Gasteiger partial charge in [0, 0.05) is 25.8 Å². The van der Waals surface area contributed by atoms with E-state index in [1.807, 2.05) is 23.0 Å².